The average molecular weight is 285 g/mol. The van der Waals surface area contributed by atoms with Crippen LogP contribution in [0.4, 0.5) is 0 Å². The van der Waals surface area contributed by atoms with Crippen molar-refractivity contribution in [3.05, 3.63) is 45.6 Å². The highest BCUT2D eigenvalue weighted by Crippen LogP contribution is 2.24. The molecule has 0 saturated heterocycles. The molecular formula is C11H10BClO4S. The van der Waals surface area contributed by atoms with E-state index in [4.69, 9.17) is 26.4 Å². The number of hydrogen-bond acceptors (Lipinski definition) is 5. The van der Waals surface area contributed by atoms with Gasteiger partial charge in [-0.2, -0.15) is 0 Å². The predicted octanol–water partition coefficient (Wildman–Crippen LogP) is 2.33. The standard InChI is InChI=1S/C11H10BClO4S/c13-11-6-5-10(18-11)7-16-8-1-3-9(4-2-8)17-12(14)15/h1-6,14-15H,7H2. The van der Waals surface area contributed by atoms with Gasteiger partial charge in [0.25, 0.3) is 0 Å². The molecule has 4 nitrogen and oxygen atoms in total. The SMILES string of the molecule is OB(O)Oc1ccc(OCc2ccc(Cl)s2)cc1. The molecule has 2 aromatic rings. The van der Waals surface area contributed by atoms with E-state index >= 15 is 0 Å². The second-order valence-corrected chi connectivity index (χ2v) is 5.21. The Morgan fingerprint density at radius 3 is 2.28 bits per heavy atom. The fourth-order valence-corrected chi connectivity index (χ4v) is 2.32. The number of thiophene rings is 1. The summed E-state index contributed by atoms with van der Waals surface area (Å²) in [6.07, 6.45) is 0. The molecule has 94 valence electrons. The molecule has 2 N–H and O–H groups in total. The van der Waals surface area contributed by atoms with Crippen LogP contribution in [0, 0.1) is 0 Å². The van der Waals surface area contributed by atoms with E-state index in [1.54, 1.807) is 24.3 Å². The predicted molar refractivity (Wildman–Crippen MR) is 70.9 cm³/mol. The van der Waals surface area contributed by atoms with Crippen LogP contribution < -0.4 is 9.39 Å². The van der Waals surface area contributed by atoms with Crippen molar-refractivity contribution in [3.8, 4) is 11.5 Å². The first-order chi connectivity index (χ1) is 8.63. The molecule has 0 aliphatic rings. The quantitative estimate of drug-likeness (QED) is 0.827. The van der Waals surface area contributed by atoms with Crippen LogP contribution in [0.1, 0.15) is 4.88 Å². The Hall–Kier alpha value is -1.21. The fraction of sp³-hybridized carbons (Fsp3) is 0.0909. The van der Waals surface area contributed by atoms with Crippen LogP contribution in [0.3, 0.4) is 0 Å². The van der Waals surface area contributed by atoms with Crippen molar-refractivity contribution in [1.29, 1.82) is 0 Å². The molecule has 1 aromatic heterocycles. The minimum atomic E-state index is -1.81. The summed E-state index contributed by atoms with van der Waals surface area (Å²) >= 11 is 7.28. The largest absolute Gasteiger partial charge is 0.707 e. The molecule has 2 rings (SSSR count). The number of ether oxygens (including phenoxy) is 1. The summed E-state index contributed by atoms with van der Waals surface area (Å²) in [5, 5.41) is 17.2. The van der Waals surface area contributed by atoms with Crippen LogP contribution >= 0.6 is 22.9 Å². The molecule has 1 heterocycles. The zero-order chi connectivity index (χ0) is 13.0. The first-order valence-corrected chi connectivity index (χ1v) is 6.33. The van der Waals surface area contributed by atoms with Gasteiger partial charge in [0, 0.05) is 4.88 Å². The zero-order valence-corrected chi connectivity index (χ0v) is 10.8. The van der Waals surface area contributed by atoms with E-state index in [0.29, 0.717) is 18.1 Å². The van der Waals surface area contributed by atoms with E-state index in [1.165, 1.54) is 11.3 Å². The van der Waals surface area contributed by atoms with Crippen LogP contribution in [-0.2, 0) is 6.61 Å². The Labute approximate surface area is 114 Å². The van der Waals surface area contributed by atoms with E-state index in [1.807, 2.05) is 12.1 Å². The molecular weight excluding hydrogens is 274 g/mol. The van der Waals surface area contributed by atoms with Crippen molar-refractivity contribution >= 4 is 30.3 Å². The van der Waals surface area contributed by atoms with Crippen LogP contribution in [0.5, 0.6) is 11.5 Å². The lowest BCUT2D eigenvalue weighted by molar-refractivity contribution is 0.286. The van der Waals surface area contributed by atoms with Gasteiger partial charge in [-0.15, -0.1) is 11.3 Å². The second kappa shape index (κ2) is 6.11. The summed E-state index contributed by atoms with van der Waals surface area (Å²) in [7, 11) is -1.81. The molecule has 0 aliphatic heterocycles. The van der Waals surface area contributed by atoms with Crippen molar-refractivity contribution < 1.29 is 19.4 Å². The van der Waals surface area contributed by atoms with E-state index in [0.717, 1.165) is 9.21 Å². The molecule has 0 atom stereocenters. The van der Waals surface area contributed by atoms with Crippen LogP contribution in [0.15, 0.2) is 36.4 Å². The van der Waals surface area contributed by atoms with Gasteiger partial charge in [0.05, 0.1) is 4.34 Å². The van der Waals surface area contributed by atoms with Gasteiger partial charge in [0.2, 0.25) is 0 Å². The third-order valence-electron chi connectivity index (χ3n) is 2.08. The van der Waals surface area contributed by atoms with E-state index in [2.05, 4.69) is 4.65 Å². The van der Waals surface area contributed by atoms with Crippen LogP contribution in [0.2, 0.25) is 4.34 Å². The fourth-order valence-electron chi connectivity index (χ4n) is 1.32. The maximum absolute atomic E-state index is 8.62. The number of halogens is 1. The van der Waals surface area contributed by atoms with Crippen molar-refractivity contribution in [2.24, 2.45) is 0 Å². The highest BCUT2D eigenvalue weighted by atomic mass is 35.5. The van der Waals surface area contributed by atoms with E-state index in [9.17, 15) is 0 Å². The number of rotatable bonds is 5. The highest BCUT2D eigenvalue weighted by molar-refractivity contribution is 7.16. The molecule has 0 bridgehead atoms. The first kappa shape index (κ1) is 13.2. The van der Waals surface area contributed by atoms with Gasteiger partial charge in [-0.25, -0.2) is 0 Å². The Morgan fingerprint density at radius 1 is 1.06 bits per heavy atom. The maximum Gasteiger partial charge on any atom is 0.707 e. The van der Waals surface area contributed by atoms with E-state index in [-0.39, 0.29) is 0 Å². The summed E-state index contributed by atoms with van der Waals surface area (Å²) in [4.78, 5) is 1.03. The topological polar surface area (TPSA) is 58.9 Å². The summed E-state index contributed by atoms with van der Waals surface area (Å²) in [6, 6.07) is 10.3. The van der Waals surface area contributed by atoms with Crippen molar-refractivity contribution in [2.75, 3.05) is 0 Å². The third kappa shape index (κ3) is 3.92. The summed E-state index contributed by atoms with van der Waals surface area (Å²) in [6.45, 7) is 0.445. The Kier molecular flexibility index (Phi) is 4.49. The molecule has 0 amide bonds. The van der Waals surface area contributed by atoms with Gasteiger partial charge in [0.15, 0.2) is 0 Å². The van der Waals surface area contributed by atoms with Gasteiger partial charge >= 0.3 is 7.32 Å². The molecule has 0 aliphatic carbocycles. The van der Waals surface area contributed by atoms with Gasteiger partial charge in [-0.3, -0.25) is 0 Å². The first-order valence-electron chi connectivity index (χ1n) is 5.13. The minimum Gasteiger partial charge on any atom is -0.512 e. The number of hydrogen-bond donors (Lipinski definition) is 2. The molecule has 0 spiro atoms. The third-order valence-corrected chi connectivity index (χ3v) is 3.28. The Bertz CT molecular complexity index is 500. The van der Waals surface area contributed by atoms with Crippen molar-refractivity contribution in [1.82, 2.24) is 0 Å². The minimum absolute atomic E-state index is 0.358. The zero-order valence-electron chi connectivity index (χ0n) is 9.25. The number of benzene rings is 1. The lowest BCUT2D eigenvalue weighted by atomic mass is 10.2. The van der Waals surface area contributed by atoms with Gasteiger partial charge in [-0.05, 0) is 36.4 Å². The lowest BCUT2D eigenvalue weighted by Crippen LogP contribution is -2.20. The van der Waals surface area contributed by atoms with Gasteiger partial charge < -0.3 is 19.4 Å². The van der Waals surface area contributed by atoms with Crippen molar-refractivity contribution in [2.45, 2.75) is 6.61 Å². The van der Waals surface area contributed by atoms with Crippen LogP contribution in [0.25, 0.3) is 0 Å². The smallest absolute Gasteiger partial charge is 0.512 e. The summed E-state index contributed by atoms with van der Waals surface area (Å²) in [5.74, 6) is 1.02. The van der Waals surface area contributed by atoms with E-state index < -0.39 is 7.32 Å². The molecule has 0 unspecified atom stereocenters. The van der Waals surface area contributed by atoms with Crippen molar-refractivity contribution in [3.63, 3.8) is 0 Å². The van der Waals surface area contributed by atoms with Gasteiger partial charge in [-0.1, -0.05) is 11.6 Å². The molecule has 0 fully saturated rings. The lowest BCUT2D eigenvalue weighted by Gasteiger charge is -2.07. The molecule has 7 heteroatoms. The molecule has 0 saturated carbocycles. The maximum atomic E-state index is 8.62. The molecule has 0 radical (unpaired) electrons. The molecule has 18 heavy (non-hydrogen) atoms. The highest BCUT2D eigenvalue weighted by Gasteiger charge is 2.10. The average Bonchev–Trinajstić information content (AvgIpc) is 2.74. The van der Waals surface area contributed by atoms with Crippen LogP contribution in [-0.4, -0.2) is 17.4 Å². The second-order valence-electron chi connectivity index (χ2n) is 3.41. The Morgan fingerprint density at radius 2 is 1.72 bits per heavy atom. The Balaban J connectivity index is 1.90. The summed E-state index contributed by atoms with van der Waals surface area (Å²) in [5.41, 5.74) is 0. The monoisotopic (exact) mass is 284 g/mol. The van der Waals surface area contributed by atoms with Gasteiger partial charge in [0.1, 0.15) is 18.1 Å². The normalized spacial score (nSPS) is 10.2. The molecule has 1 aromatic carbocycles. The summed E-state index contributed by atoms with van der Waals surface area (Å²) < 4.78 is 10.9.